The topological polar surface area (TPSA) is 30.4 Å². The van der Waals surface area contributed by atoms with Gasteiger partial charge in [-0.15, -0.1) is 11.3 Å². The van der Waals surface area contributed by atoms with Crippen LogP contribution in [0.1, 0.15) is 49.4 Å². The summed E-state index contributed by atoms with van der Waals surface area (Å²) in [5.41, 5.74) is 11.6. The van der Waals surface area contributed by atoms with E-state index in [1.54, 1.807) is 0 Å². The molecule has 64 heavy (non-hydrogen) atoms. The van der Waals surface area contributed by atoms with Crippen LogP contribution in [0.3, 0.4) is 0 Å². The van der Waals surface area contributed by atoms with Crippen molar-refractivity contribution in [1.29, 1.82) is 0 Å². The van der Waals surface area contributed by atoms with E-state index in [-0.39, 0.29) is 17.9 Å². The molecule has 0 aliphatic carbocycles. The summed E-state index contributed by atoms with van der Waals surface area (Å²) < 4.78 is 11.7. The van der Waals surface area contributed by atoms with Crippen LogP contribution in [0.5, 0.6) is 0 Å². The molecule has 12 aromatic rings. The summed E-state index contributed by atoms with van der Waals surface area (Å²) in [5.74, 6) is 0.228. The quantitative estimate of drug-likeness (QED) is 0.170. The Kier molecular flexibility index (Phi) is 8.54. The number of allylic oxidation sites excluding steroid dienone is 1. The summed E-state index contributed by atoms with van der Waals surface area (Å²) >= 11 is 1.91. The smallest absolute Gasteiger partial charge is 0.135 e. The second-order valence-corrected chi connectivity index (χ2v) is 18.7. The summed E-state index contributed by atoms with van der Waals surface area (Å²) in [5, 5.41) is 12.4. The van der Waals surface area contributed by atoms with Crippen LogP contribution in [-0.4, -0.2) is 10.3 Å². The first-order chi connectivity index (χ1) is 31.6. The molecule has 13 rings (SSSR count). The van der Waals surface area contributed by atoms with Gasteiger partial charge in [0.05, 0.1) is 22.8 Å². The van der Waals surface area contributed by atoms with Crippen LogP contribution in [0, 0.1) is 11.8 Å². The van der Waals surface area contributed by atoms with Crippen molar-refractivity contribution < 1.29 is 4.42 Å². The number of fused-ring (bicyclic) bond motifs is 12. The average Bonchev–Trinajstić information content (AvgIpc) is 4.01. The van der Waals surface area contributed by atoms with E-state index >= 15 is 0 Å². The molecule has 0 saturated carbocycles. The Balaban J connectivity index is 1.15. The molecule has 4 heteroatoms. The third-order valence-corrected chi connectivity index (χ3v) is 15.3. The Labute approximate surface area is 375 Å². The molecule has 1 aliphatic heterocycles. The van der Waals surface area contributed by atoms with Gasteiger partial charge in [0.15, 0.2) is 0 Å². The van der Waals surface area contributed by atoms with Crippen molar-refractivity contribution in [1.82, 2.24) is 4.57 Å². The van der Waals surface area contributed by atoms with Crippen molar-refractivity contribution in [2.75, 3.05) is 0 Å². The number of benzene rings is 9. The Hall–Kier alpha value is -7.27. The van der Waals surface area contributed by atoms with Crippen LogP contribution in [0.2, 0.25) is 0 Å². The van der Waals surface area contributed by atoms with E-state index in [9.17, 15) is 0 Å². The minimum absolute atomic E-state index is 0.111. The second kappa shape index (κ2) is 14.7. The van der Waals surface area contributed by atoms with Gasteiger partial charge in [-0.3, -0.25) is 4.99 Å². The lowest BCUT2D eigenvalue weighted by Gasteiger charge is -2.32. The van der Waals surface area contributed by atoms with Gasteiger partial charge >= 0.3 is 0 Å². The van der Waals surface area contributed by atoms with E-state index in [1.165, 1.54) is 91.5 Å². The molecular formula is C60H44N2OS. The fourth-order valence-electron chi connectivity index (χ4n) is 11.0. The highest BCUT2D eigenvalue weighted by Gasteiger charge is 2.33. The SMILES string of the molecule is CCC1/C(c2ccccc2)=C/C[C@@H](C)C(c2cc3sc4c5ccccc5ccc4c3cc2-n2c3ccccc3c3cc4ccccc4cc32)=NC1c1cccc2oc3ccccc3c12. The van der Waals surface area contributed by atoms with Crippen LogP contribution < -0.4 is 0 Å². The number of furan rings is 1. The summed E-state index contributed by atoms with van der Waals surface area (Å²) in [4.78, 5) is 6.24. The fraction of sp³-hybridized carbons (Fsp3) is 0.117. The van der Waals surface area contributed by atoms with Gasteiger partial charge in [-0.1, -0.05) is 159 Å². The Morgan fingerprint density at radius 3 is 2.16 bits per heavy atom. The minimum Gasteiger partial charge on any atom is -0.456 e. The maximum absolute atomic E-state index is 6.58. The van der Waals surface area contributed by atoms with Gasteiger partial charge < -0.3 is 8.98 Å². The summed E-state index contributed by atoms with van der Waals surface area (Å²) in [6, 6.07) is 66.8. The van der Waals surface area contributed by atoms with Crippen LogP contribution >= 0.6 is 11.3 Å². The number of aliphatic imine (C=N–C) groups is 1. The fourth-order valence-corrected chi connectivity index (χ4v) is 12.3. The predicted octanol–water partition coefficient (Wildman–Crippen LogP) is 17.0. The maximum atomic E-state index is 6.58. The Bertz CT molecular complexity index is 3900. The highest BCUT2D eigenvalue weighted by Crippen LogP contribution is 2.48. The molecule has 0 radical (unpaired) electrons. The van der Waals surface area contributed by atoms with Gasteiger partial charge in [0.25, 0.3) is 0 Å². The lowest BCUT2D eigenvalue weighted by Crippen LogP contribution is -2.23. The molecule has 0 N–H and O–H groups in total. The van der Waals surface area contributed by atoms with Gasteiger partial charge in [-0.2, -0.15) is 0 Å². The van der Waals surface area contributed by atoms with Gasteiger partial charge in [-0.25, -0.2) is 0 Å². The molecule has 0 fully saturated rings. The van der Waals surface area contributed by atoms with Crippen molar-refractivity contribution >= 4 is 108 Å². The van der Waals surface area contributed by atoms with Crippen LogP contribution in [0.15, 0.2) is 197 Å². The zero-order chi connectivity index (χ0) is 42.5. The first-order valence-electron chi connectivity index (χ1n) is 22.7. The molecular weight excluding hydrogens is 797 g/mol. The highest BCUT2D eigenvalue weighted by atomic mass is 32.1. The summed E-state index contributed by atoms with van der Waals surface area (Å²) in [7, 11) is 0. The van der Waals surface area contributed by atoms with Crippen LogP contribution in [0.4, 0.5) is 0 Å². The predicted molar refractivity (Wildman–Crippen MR) is 274 cm³/mol. The van der Waals surface area contributed by atoms with E-state index in [4.69, 9.17) is 9.41 Å². The molecule has 4 heterocycles. The van der Waals surface area contributed by atoms with Crippen molar-refractivity contribution in [3.63, 3.8) is 0 Å². The number of hydrogen-bond acceptors (Lipinski definition) is 3. The Morgan fingerprint density at radius 1 is 0.594 bits per heavy atom. The zero-order valence-electron chi connectivity index (χ0n) is 35.8. The third-order valence-electron chi connectivity index (χ3n) is 14.1. The minimum atomic E-state index is -0.184. The van der Waals surface area contributed by atoms with Crippen molar-refractivity contribution in [2.24, 2.45) is 16.8 Å². The van der Waals surface area contributed by atoms with Crippen molar-refractivity contribution in [3.05, 3.63) is 205 Å². The van der Waals surface area contributed by atoms with Crippen molar-refractivity contribution in [2.45, 2.75) is 32.7 Å². The average molecular weight is 841 g/mol. The van der Waals surface area contributed by atoms with Crippen molar-refractivity contribution in [3.8, 4) is 5.69 Å². The van der Waals surface area contributed by atoms with Crippen LogP contribution in [-0.2, 0) is 0 Å². The highest BCUT2D eigenvalue weighted by molar-refractivity contribution is 7.26. The molecule has 0 amide bonds. The summed E-state index contributed by atoms with van der Waals surface area (Å²) in [6.45, 7) is 4.73. The first-order valence-corrected chi connectivity index (χ1v) is 23.5. The largest absolute Gasteiger partial charge is 0.456 e. The monoisotopic (exact) mass is 840 g/mol. The lowest BCUT2D eigenvalue weighted by atomic mass is 9.78. The third kappa shape index (κ3) is 5.68. The Morgan fingerprint density at radius 2 is 1.31 bits per heavy atom. The molecule has 2 unspecified atom stereocenters. The number of nitrogens with zero attached hydrogens (tertiary/aromatic N) is 2. The van der Waals surface area contributed by atoms with Gasteiger partial charge in [0, 0.05) is 64.8 Å². The standard InChI is InChI=1S/C60H44N2OS/c1-3-41-42(37-16-5-4-6-17-37)30-28-36(2)58(61-59(41)47-24-15-27-55-57(47)46-23-12-14-26-54(46)63-55)50-35-56-49(45-31-29-38-18-9-10-21-43(38)60(45)64-56)34-53(50)62-51-25-13-11-22-44(51)48-32-39-19-7-8-20-40(39)33-52(48)62/h4-27,29-36,41,59H,3,28H2,1-2H3/b42-30+,61-58?/t36-,41?,59?/m1/s1. The molecule has 0 saturated heterocycles. The number of aromatic nitrogens is 1. The van der Waals surface area contributed by atoms with E-state index < -0.39 is 0 Å². The molecule has 9 aromatic carbocycles. The van der Waals surface area contributed by atoms with Gasteiger partial charge in [-0.05, 0) is 93.6 Å². The maximum Gasteiger partial charge on any atom is 0.135 e. The number of hydrogen-bond donors (Lipinski definition) is 0. The first kappa shape index (κ1) is 37.3. The van der Waals surface area contributed by atoms with E-state index in [0.717, 1.165) is 40.5 Å². The van der Waals surface area contributed by atoms with Gasteiger partial charge in [0.2, 0.25) is 0 Å². The normalized spacial score (nSPS) is 18.1. The van der Waals surface area contributed by atoms with Crippen LogP contribution in [0.25, 0.3) is 96.7 Å². The lowest BCUT2D eigenvalue weighted by molar-refractivity contribution is 0.516. The summed E-state index contributed by atoms with van der Waals surface area (Å²) in [6.07, 6.45) is 4.34. The molecule has 3 atom stereocenters. The van der Waals surface area contributed by atoms with E-state index in [0.29, 0.717) is 0 Å². The zero-order valence-corrected chi connectivity index (χ0v) is 36.6. The second-order valence-electron chi connectivity index (χ2n) is 17.7. The number of rotatable bonds is 5. The molecule has 0 spiro atoms. The van der Waals surface area contributed by atoms with Gasteiger partial charge in [0.1, 0.15) is 11.2 Å². The number of para-hydroxylation sites is 2. The van der Waals surface area contributed by atoms with E-state index in [2.05, 4.69) is 206 Å². The molecule has 3 nitrogen and oxygen atoms in total. The molecule has 3 aromatic heterocycles. The molecule has 1 aliphatic rings. The molecule has 306 valence electrons. The molecule has 0 bridgehead atoms. The number of thiophene rings is 1. The van der Waals surface area contributed by atoms with E-state index in [1.807, 2.05) is 11.3 Å².